The minimum absolute atomic E-state index is 0.0834. The number of carbonyl (C=O) groups excluding carboxylic acids is 7. The van der Waals surface area contributed by atoms with Crippen LogP contribution in [0.2, 0.25) is 0 Å². The Morgan fingerprint density at radius 3 is 2.00 bits per heavy atom. The van der Waals surface area contributed by atoms with Crippen LogP contribution in [0.15, 0.2) is 36.8 Å². The number of carboxylic acids is 1. The van der Waals surface area contributed by atoms with Crippen LogP contribution in [0.25, 0.3) is 0 Å². The maximum Gasteiger partial charge on any atom is 0.322 e. The highest BCUT2D eigenvalue weighted by atomic mass is 16.4. The van der Waals surface area contributed by atoms with Gasteiger partial charge in [-0.05, 0) is 39.5 Å². The van der Waals surface area contributed by atoms with Gasteiger partial charge in [0.25, 0.3) is 0 Å². The molecule has 2 aliphatic rings. The second-order valence-corrected chi connectivity index (χ2v) is 13.3. The van der Waals surface area contributed by atoms with E-state index in [9.17, 15) is 43.5 Å². The number of rotatable bonds is 24. The Hall–Kier alpha value is -5.70. The quantitative estimate of drug-likeness (QED) is 0.0438. The molecule has 2 rings (SSSR count). The minimum Gasteiger partial charge on any atom is -0.480 e. The average Bonchev–Trinajstić information content (AvgIpc) is 3.81. The van der Waals surface area contributed by atoms with E-state index in [4.69, 9.17) is 10.8 Å². The number of aliphatic carboxylic acids is 1. The first-order chi connectivity index (χ1) is 25.9. The van der Waals surface area contributed by atoms with Crippen LogP contribution in [-0.4, -0.2) is 145 Å². The zero-order chi connectivity index (χ0) is 41.2. The first-order valence-electron chi connectivity index (χ1n) is 17.8. The van der Waals surface area contributed by atoms with Crippen LogP contribution < -0.4 is 53.6 Å². The number of β-amino-alcohol motifs (C(OH)–C–C–N with tert-alkyl or cyclic N) is 1. The number of nitrogens with one attached hydrogen (secondary N) is 9. The van der Waals surface area contributed by atoms with Crippen molar-refractivity contribution in [1.29, 1.82) is 0 Å². The molecule has 13 N–H and O–H groups in total. The van der Waals surface area contributed by atoms with Gasteiger partial charge < -0.3 is 68.7 Å². The summed E-state index contributed by atoms with van der Waals surface area (Å²) in [6, 6.07) is -3.22. The van der Waals surface area contributed by atoms with Gasteiger partial charge in [0.05, 0.1) is 44.4 Å². The topological polar surface area (TPSA) is 315 Å². The number of nitrogens with zero attached hydrogens (tertiary/aromatic N) is 1. The number of carboxylic acid groups (broad SMARTS) is 1. The molecule has 0 saturated carbocycles. The van der Waals surface area contributed by atoms with E-state index in [1.165, 1.54) is 11.8 Å². The number of aliphatic hydroxyl groups is 1. The lowest BCUT2D eigenvalue weighted by Crippen LogP contribution is -2.51. The molecule has 21 heteroatoms. The van der Waals surface area contributed by atoms with Crippen molar-refractivity contribution in [2.75, 3.05) is 45.8 Å². The number of likely N-dealkylation sites (tertiary alicyclic amines) is 1. The van der Waals surface area contributed by atoms with E-state index < -0.39 is 90.7 Å². The third-order valence-corrected chi connectivity index (χ3v) is 8.73. The number of hydrogen-bond donors (Lipinski definition) is 12. The molecule has 6 atom stereocenters. The van der Waals surface area contributed by atoms with Crippen molar-refractivity contribution < 1.29 is 48.6 Å². The first kappa shape index (κ1) is 45.5. The lowest BCUT2D eigenvalue weighted by atomic mass is 10.1. The van der Waals surface area contributed by atoms with Gasteiger partial charge in [-0.25, -0.2) is 0 Å². The Bertz CT molecular complexity index is 1490. The summed E-state index contributed by atoms with van der Waals surface area (Å²) in [5.74, 6) is -5.23. The largest absolute Gasteiger partial charge is 0.480 e. The number of hydrogen-bond acceptors (Lipinski definition) is 13. The van der Waals surface area contributed by atoms with Crippen molar-refractivity contribution in [3.8, 4) is 0 Å². The van der Waals surface area contributed by atoms with Crippen LogP contribution in [0.1, 0.15) is 46.0 Å². The summed E-state index contributed by atoms with van der Waals surface area (Å²) in [4.78, 5) is 98.9. The van der Waals surface area contributed by atoms with Gasteiger partial charge in [0.15, 0.2) is 0 Å². The molecule has 0 aliphatic carbocycles. The molecular weight excluding hydrogens is 722 g/mol. The molecule has 0 spiro atoms. The molecule has 55 heavy (non-hydrogen) atoms. The van der Waals surface area contributed by atoms with Gasteiger partial charge in [0.2, 0.25) is 41.4 Å². The van der Waals surface area contributed by atoms with Gasteiger partial charge >= 0.3 is 5.97 Å². The van der Waals surface area contributed by atoms with Gasteiger partial charge in [-0.15, -0.1) is 0 Å². The molecule has 0 bridgehead atoms. The van der Waals surface area contributed by atoms with E-state index in [0.29, 0.717) is 43.7 Å². The molecule has 0 aromatic heterocycles. The van der Waals surface area contributed by atoms with Crippen molar-refractivity contribution in [3.63, 3.8) is 0 Å². The Labute approximate surface area is 319 Å². The van der Waals surface area contributed by atoms with Crippen molar-refractivity contribution >= 4 is 47.3 Å². The second kappa shape index (κ2) is 22.5. The zero-order valence-corrected chi connectivity index (χ0v) is 31.3. The Morgan fingerprint density at radius 2 is 1.40 bits per heavy atom. The highest BCUT2D eigenvalue weighted by molar-refractivity contribution is 5.92. The summed E-state index contributed by atoms with van der Waals surface area (Å²) in [5.41, 5.74) is 6.41. The van der Waals surface area contributed by atoms with E-state index in [1.807, 2.05) is 0 Å². The number of aliphatic hydroxyl groups excluding tert-OH is 1. The standard InChI is InChI=1S/C34H55N11O10/c1-18(24(8-9-27(35)47)44-34(55)22(5)42-19(2)25-11-23(46)12-38-25)36-13-28(48)39-14-29(49)40-15-30(50)43-21(4)33(54)41-16-31(51)45-10-6-7-26(45)20(3)37-17-32(52)53/h21-26,36-38,42,46H,1-3,6-17H2,4-5H3,(H2,35,47)(H,39,48)(H,40,49)(H,41,54)(H,43,50)(H,44,55)(H,52,53)/t21?,22-,23?,24?,25+,26?/m0/s1. The summed E-state index contributed by atoms with van der Waals surface area (Å²) in [6.45, 7) is 13.4. The van der Waals surface area contributed by atoms with Crippen LogP contribution in [0.3, 0.4) is 0 Å². The fraction of sp³-hybridized carbons (Fsp3) is 0.588. The van der Waals surface area contributed by atoms with Crippen molar-refractivity contribution in [1.82, 2.24) is 52.8 Å². The SMILES string of the molecule is C=C(NCC(=O)NCC(=O)NCC(=O)NC(C)C(=O)NCC(=O)N1CCCC1C(=C)NCC(=O)O)C(CCC(N)=O)NC(=O)[C@H](C)NC(=C)[C@H]1CC(O)CN1. The fourth-order valence-corrected chi connectivity index (χ4v) is 5.65. The third kappa shape index (κ3) is 16.5. The highest BCUT2D eigenvalue weighted by Crippen LogP contribution is 2.21. The Balaban J connectivity index is 1.71. The van der Waals surface area contributed by atoms with Crippen LogP contribution in [0.4, 0.5) is 0 Å². The number of carbonyl (C=O) groups is 8. The monoisotopic (exact) mass is 777 g/mol. The van der Waals surface area contributed by atoms with E-state index in [-0.39, 0.29) is 44.2 Å². The Kier molecular flexibility index (Phi) is 18.6. The number of primary amides is 1. The maximum atomic E-state index is 12.9. The fourth-order valence-electron chi connectivity index (χ4n) is 5.65. The number of nitrogens with two attached hydrogens (primary N) is 1. The normalized spacial score (nSPS) is 19.0. The zero-order valence-electron chi connectivity index (χ0n) is 31.3. The van der Waals surface area contributed by atoms with Gasteiger partial charge in [-0.2, -0.15) is 0 Å². The molecule has 2 heterocycles. The lowest BCUT2D eigenvalue weighted by molar-refractivity contribution is -0.136. The molecule has 2 aliphatic heterocycles. The predicted molar refractivity (Wildman–Crippen MR) is 198 cm³/mol. The predicted octanol–water partition coefficient (Wildman–Crippen LogP) is -4.91. The summed E-state index contributed by atoms with van der Waals surface area (Å²) in [7, 11) is 0. The second-order valence-electron chi connectivity index (χ2n) is 13.3. The molecule has 2 saturated heterocycles. The molecule has 2 fully saturated rings. The minimum atomic E-state index is -1.07. The maximum absolute atomic E-state index is 12.9. The molecule has 21 nitrogen and oxygen atoms in total. The molecule has 0 radical (unpaired) electrons. The Morgan fingerprint density at radius 1 is 0.782 bits per heavy atom. The van der Waals surface area contributed by atoms with Crippen LogP contribution >= 0.6 is 0 Å². The molecule has 4 unspecified atom stereocenters. The van der Waals surface area contributed by atoms with E-state index in [1.54, 1.807) is 6.92 Å². The molecule has 0 aromatic carbocycles. The molecule has 0 aromatic rings. The van der Waals surface area contributed by atoms with Crippen molar-refractivity contribution in [2.24, 2.45) is 5.73 Å². The smallest absolute Gasteiger partial charge is 0.322 e. The van der Waals surface area contributed by atoms with Crippen LogP contribution in [-0.2, 0) is 38.4 Å². The van der Waals surface area contributed by atoms with Crippen LogP contribution in [0, 0.1) is 0 Å². The van der Waals surface area contributed by atoms with E-state index in [2.05, 4.69) is 67.6 Å². The van der Waals surface area contributed by atoms with Crippen molar-refractivity contribution in [2.45, 2.75) is 82.3 Å². The van der Waals surface area contributed by atoms with E-state index >= 15 is 0 Å². The van der Waals surface area contributed by atoms with Gasteiger partial charge in [0.1, 0.15) is 18.6 Å². The van der Waals surface area contributed by atoms with E-state index in [0.717, 1.165) is 0 Å². The molecule has 306 valence electrons. The van der Waals surface area contributed by atoms with Gasteiger partial charge in [-0.3, -0.25) is 38.4 Å². The van der Waals surface area contributed by atoms with Gasteiger partial charge in [0, 0.05) is 42.6 Å². The average molecular weight is 778 g/mol. The van der Waals surface area contributed by atoms with Crippen molar-refractivity contribution in [3.05, 3.63) is 36.8 Å². The lowest BCUT2D eigenvalue weighted by Gasteiger charge is -2.27. The number of amides is 7. The summed E-state index contributed by atoms with van der Waals surface area (Å²) in [5, 5.41) is 42.4. The summed E-state index contributed by atoms with van der Waals surface area (Å²) >= 11 is 0. The summed E-state index contributed by atoms with van der Waals surface area (Å²) < 4.78 is 0. The third-order valence-electron chi connectivity index (χ3n) is 8.73. The van der Waals surface area contributed by atoms with Crippen LogP contribution in [0.5, 0.6) is 0 Å². The highest BCUT2D eigenvalue weighted by Gasteiger charge is 2.31. The molecular formula is C34H55N11O10. The first-order valence-corrected chi connectivity index (χ1v) is 17.8. The molecule has 7 amide bonds. The summed E-state index contributed by atoms with van der Waals surface area (Å²) in [6.07, 6.45) is 1.21. The van der Waals surface area contributed by atoms with Gasteiger partial charge in [-0.1, -0.05) is 19.7 Å².